The standard InChI is InChI=1S/C19H9BrF2O6S.C7H5BrO4S.C6H5FO2.2O3S/c20-8-1-2-9(18(3-8)29(25,26)27)19-10-4-12(21)14(23)6-16(10)28-17-7-15(24)13(22)5-11(17)19;8-6-2-1-5(4-9)7(3-6)13(10,11)12;7-5-2-1-4(8)3-6(5)9;2*1-4(2)3/h1-7,23H,(H,25,26,27);1-4H,(H,10,11,12);1-3,8-9H;;. The van der Waals surface area contributed by atoms with Crippen LogP contribution in [0.25, 0.3) is 33.4 Å². The predicted octanol–water partition coefficient (Wildman–Crippen LogP) is 5.29. The Morgan fingerprint density at radius 1 is 0.610 bits per heavy atom. The van der Waals surface area contributed by atoms with Crippen molar-refractivity contribution in [3.8, 4) is 39.7 Å². The summed E-state index contributed by atoms with van der Waals surface area (Å²) < 4.78 is 161. The van der Waals surface area contributed by atoms with Crippen molar-refractivity contribution in [3.63, 3.8) is 0 Å². The van der Waals surface area contributed by atoms with Crippen LogP contribution < -0.4 is 5.43 Å². The topological polar surface area (TPSA) is 319 Å². The quantitative estimate of drug-likeness (QED) is 0.0850. The van der Waals surface area contributed by atoms with Gasteiger partial charge in [0.15, 0.2) is 35.2 Å². The second-order valence-electron chi connectivity index (χ2n) is 10.5. The minimum absolute atomic E-state index is 0.000764. The molecule has 0 atom stereocenters. The van der Waals surface area contributed by atoms with Gasteiger partial charge in [-0.1, -0.05) is 37.9 Å². The lowest BCUT2D eigenvalue weighted by Gasteiger charge is -2.17. The van der Waals surface area contributed by atoms with E-state index < -0.39 is 85.6 Å². The molecule has 18 nitrogen and oxygen atoms in total. The number of aldehydes is 1. The Hall–Kier alpha value is -5.55. The van der Waals surface area contributed by atoms with Gasteiger partial charge in [0.25, 0.3) is 20.2 Å². The number of benzene rings is 5. The predicted molar refractivity (Wildman–Crippen MR) is 202 cm³/mol. The first-order valence-electron chi connectivity index (χ1n) is 14.5. The number of phenolic OH excluding ortho intramolecular Hbond substituents is 3. The largest absolute Gasteiger partial charge is 0.508 e. The van der Waals surface area contributed by atoms with Crippen LogP contribution in [0.4, 0.5) is 13.2 Å². The molecule has 6 rings (SSSR count). The molecule has 1 heterocycles. The second-order valence-corrected chi connectivity index (χ2v) is 15.9. The summed E-state index contributed by atoms with van der Waals surface area (Å²) in [6, 6.07) is 14.6. The van der Waals surface area contributed by atoms with Gasteiger partial charge < -0.3 is 19.7 Å². The van der Waals surface area contributed by atoms with Crippen molar-refractivity contribution in [2.24, 2.45) is 0 Å². The Kier molecular flexibility index (Phi) is 17.6. The summed E-state index contributed by atoms with van der Waals surface area (Å²) in [7, 11) is -15.3. The molecule has 314 valence electrons. The number of aromatic hydroxyl groups is 3. The average molecular weight is 1040 g/mol. The first kappa shape index (κ1) is 49.6. The van der Waals surface area contributed by atoms with Crippen LogP contribution in [0, 0.1) is 17.5 Å². The van der Waals surface area contributed by atoms with Crippen molar-refractivity contribution in [1.29, 1.82) is 0 Å². The normalized spacial score (nSPS) is 10.6. The molecule has 4 aromatic rings. The van der Waals surface area contributed by atoms with Crippen LogP contribution >= 0.6 is 31.9 Å². The molecule has 0 saturated carbocycles. The number of hydrogen-bond donors (Lipinski definition) is 5. The number of carbonyl (C=O) groups excluding carboxylic acids is 1. The molecule has 0 bridgehead atoms. The highest BCUT2D eigenvalue weighted by Crippen LogP contribution is 2.44. The van der Waals surface area contributed by atoms with Crippen LogP contribution in [-0.2, 0) is 41.5 Å². The van der Waals surface area contributed by atoms with Gasteiger partial charge in [-0.2, -0.15) is 16.8 Å². The average Bonchev–Trinajstić information content (AvgIpc) is 3.10. The van der Waals surface area contributed by atoms with Gasteiger partial charge in [0.2, 0.25) is 5.43 Å². The first-order valence-corrected chi connectivity index (χ1v) is 20.9. The molecule has 2 aliphatic rings. The molecular formula is C32H19Br2F3O18S4. The molecule has 0 aromatic heterocycles. The Labute approximate surface area is 348 Å². The Morgan fingerprint density at radius 2 is 1.12 bits per heavy atom. The number of carbonyl (C=O) groups is 1. The molecule has 0 unspecified atom stereocenters. The van der Waals surface area contributed by atoms with Gasteiger partial charge in [-0.05, 0) is 54.6 Å². The lowest BCUT2D eigenvalue weighted by atomic mass is 9.93. The van der Waals surface area contributed by atoms with Crippen molar-refractivity contribution >= 4 is 90.6 Å². The number of hydrogen-bond acceptors (Lipinski definition) is 16. The van der Waals surface area contributed by atoms with Crippen molar-refractivity contribution < 1.29 is 88.9 Å². The van der Waals surface area contributed by atoms with Crippen LogP contribution in [0.15, 0.2) is 107 Å². The maximum atomic E-state index is 14.1. The summed E-state index contributed by atoms with van der Waals surface area (Å²) in [4.78, 5) is 21.2. The van der Waals surface area contributed by atoms with Gasteiger partial charge in [0, 0.05) is 54.8 Å². The first-order chi connectivity index (χ1) is 27.2. The fraction of sp³-hybridized carbons (Fsp3) is 0. The van der Waals surface area contributed by atoms with E-state index >= 15 is 0 Å². The van der Waals surface area contributed by atoms with Crippen molar-refractivity contribution in [3.05, 3.63) is 121 Å². The highest BCUT2D eigenvalue weighted by atomic mass is 79.9. The summed E-state index contributed by atoms with van der Waals surface area (Å²) in [5, 5.41) is 26.8. The van der Waals surface area contributed by atoms with Gasteiger partial charge in [-0.3, -0.25) is 18.7 Å². The van der Waals surface area contributed by atoms with Gasteiger partial charge in [0.05, 0.1) is 0 Å². The molecule has 0 radical (unpaired) electrons. The van der Waals surface area contributed by atoms with Crippen molar-refractivity contribution in [2.75, 3.05) is 0 Å². The van der Waals surface area contributed by atoms with E-state index in [9.17, 15) is 49.3 Å². The summed E-state index contributed by atoms with van der Waals surface area (Å²) >= 11 is 6.14. The minimum atomic E-state index is -4.74. The van der Waals surface area contributed by atoms with Crippen LogP contribution in [0.2, 0.25) is 0 Å². The Morgan fingerprint density at radius 3 is 1.61 bits per heavy atom. The lowest BCUT2D eigenvalue weighted by Crippen LogP contribution is -2.07. The third-order valence-electron chi connectivity index (χ3n) is 6.64. The molecule has 0 fully saturated rings. The van der Waals surface area contributed by atoms with Crippen LogP contribution in [0.1, 0.15) is 10.4 Å². The van der Waals surface area contributed by atoms with E-state index in [0.29, 0.717) is 15.2 Å². The smallest absolute Gasteiger partial charge is 0.425 e. The molecule has 1 aliphatic heterocycles. The van der Waals surface area contributed by atoms with E-state index in [1.54, 1.807) is 0 Å². The SMILES string of the molecule is O=Cc1ccc(Br)cc1S(=O)(=O)O.O=S(=O)=O.O=S(=O)=O.O=c1cc2oc3cc(O)c(F)cc3c(-c3ccc(Br)cc3S(=O)(=O)O)c-2cc1F.Oc1ccc(F)c(O)c1. The van der Waals surface area contributed by atoms with Crippen LogP contribution in [0.3, 0.4) is 0 Å². The summed E-state index contributed by atoms with van der Waals surface area (Å²) in [6.45, 7) is 0. The third-order valence-corrected chi connectivity index (χ3v) is 9.43. The van der Waals surface area contributed by atoms with Gasteiger partial charge in [-0.15, -0.1) is 25.3 Å². The molecule has 59 heavy (non-hydrogen) atoms. The van der Waals surface area contributed by atoms with Gasteiger partial charge >= 0.3 is 21.2 Å². The fourth-order valence-corrected chi connectivity index (χ4v) is 6.88. The molecule has 0 saturated heterocycles. The summed E-state index contributed by atoms with van der Waals surface area (Å²) in [6.07, 6.45) is 0.371. The Balaban J connectivity index is 0.000000328. The highest BCUT2D eigenvalue weighted by molar-refractivity contribution is 9.10. The maximum Gasteiger partial charge on any atom is 0.425 e. The maximum absolute atomic E-state index is 14.1. The zero-order valence-corrected chi connectivity index (χ0v) is 34.6. The number of phenols is 3. The molecule has 4 aromatic carbocycles. The Bertz CT molecular complexity index is 3010. The molecular weight excluding hydrogens is 1020 g/mol. The van der Waals surface area contributed by atoms with Crippen molar-refractivity contribution in [2.45, 2.75) is 9.79 Å². The van der Waals surface area contributed by atoms with E-state index in [4.69, 9.17) is 44.4 Å². The van der Waals surface area contributed by atoms with E-state index in [1.807, 2.05) is 0 Å². The summed E-state index contributed by atoms with van der Waals surface area (Å²) in [5.74, 6) is -4.41. The van der Waals surface area contributed by atoms with E-state index in [1.165, 1.54) is 30.3 Å². The van der Waals surface area contributed by atoms with E-state index in [-0.39, 0.29) is 44.7 Å². The second kappa shape index (κ2) is 20.9. The molecule has 5 N–H and O–H groups in total. The van der Waals surface area contributed by atoms with Gasteiger partial charge in [0.1, 0.15) is 26.9 Å². The molecule has 27 heteroatoms. The molecule has 0 spiro atoms. The van der Waals surface area contributed by atoms with E-state index in [0.717, 1.165) is 48.5 Å². The van der Waals surface area contributed by atoms with E-state index in [2.05, 4.69) is 31.9 Å². The lowest BCUT2D eigenvalue weighted by molar-refractivity contribution is 0.112. The summed E-state index contributed by atoms with van der Waals surface area (Å²) in [5.41, 5.74) is -1.22. The zero-order valence-electron chi connectivity index (χ0n) is 28.1. The fourth-order valence-electron chi connectivity index (χ4n) is 4.44. The molecule has 0 amide bonds. The van der Waals surface area contributed by atoms with Gasteiger partial charge in [-0.25, -0.2) is 13.2 Å². The monoisotopic (exact) mass is 1030 g/mol. The zero-order chi connectivity index (χ0) is 45.2. The minimum Gasteiger partial charge on any atom is -0.508 e. The number of halogens is 5. The number of fused-ring (bicyclic) bond motifs is 2. The third kappa shape index (κ3) is 14.7. The van der Waals surface area contributed by atoms with Crippen molar-refractivity contribution in [1.82, 2.24) is 0 Å². The highest BCUT2D eigenvalue weighted by Gasteiger charge is 2.26. The molecule has 1 aliphatic carbocycles. The number of rotatable bonds is 4. The van der Waals surface area contributed by atoms with Crippen LogP contribution in [0.5, 0.6) is 17.2 Å². The van der Waals surface area contributed by atoms with Crippen LogP contribution in [-0.4, -0.2) is 72.8 Å².